The van der Waals surface area contributed by atoms with Gasteiger partial charge in [0.25, 0.3) is 11.8 Å². The minimum Gasteiger partial charge on any atom is -0.506 e. The lowest BCUT2D eigenvalue weighted by molar-refractivity contribution is -0.120. The average Bonchev–Trinajstić information content (AvgIpc) is 2.97. The summed E-state index contributed by atoms with van der Waals surface area (Å²) in [5, 5.41) is 12.7. The zero-order chi connectivity index (χ0) is 22.0. The van der Waals surface area contributed by atoms with Crippen LogP contribution in [0, 0.1) is 5.92 Å². The van der Waals surface area contributed by atoms with Gasteiger partial charge < -0.3 is 15.2 Å². The van der Waals surface area contributed by atoms with E-state index in [9.17, 15) is 24.3 Å². The standard InChI is InChI=1S/C22H22N2O6/c1-12(2)10-17(24-20(27)14-6-4-5-7-15(14)21(24)28)19(26)23-16-9-8-13(11-18(16)25)22(29)30-3/h4-9,11-12,17,25H,10H2,1-3H3,(H,23,26). The lowest BCUT2D eigenvalue weighted by Gasteiger charge is -2.27. The third kappa shape index (κ3) is 3.89. The van der Waals surface area contributed by atoms with Crippen LogP contribution in [0.5, 0.6) is 5.75 Å². The van der Waals surface area contributed by atoms with Gasteiger partial charge in [0.1, 0.15) is 11.8 Å². The van der Waals surface area contributed by atoms with Gasteiger partial charge in [0.15, 0.2) is 0 Å². The lowest BCUT2D eigenvalue weighted by atomic mass is 10.0. The first-order chi connectivity index (χ1) is 14.2. The lowest BCUT2D eigenvalue weighted by Crippen LogP contribution is -2.47. The Kier molecular flexibility index (Phi) is 5.86. The number of nitrogens with zero attached hydrogens (tertiary/aromatic N) is 1. The molecule has 0 spiro atoms. The van der Waals surface area contributed by atoms with E-state index in [1.54, 1.807) is 24.3 Å². The Bertz CT molecular complexity index is 995. The summed E-state index contributed by atoms with van der Waals surface area (Å²) in [5.41, 5.74) is 0.689. The molecule has 3 rings (SSSR count). The molecule has 1 atom stereocenters. The van der Waals surface area contributed by atoms with Gasteiger partial charge in [0, 0.05) is 0 Å². The molecular weight excluding hydrogens is 388 g/mol. The molecule has 30 heavy (non-hydrogen) atoms. The number of benzene rings is 2. The number of hydrogen-bond acceptors (Lipinski definition) is 6. The van der Waals surface area contributed by atoms with E-state index in [1.807, 2.05) is 13.8 Å². The van der Waals surface area contributed by atoms with Crippen molar-refractivity contribution in [3.05, 3.63) is 59.2 Å². The maximum absolute atomic E-state index is 13.0. The molecule has 1 heterocycles. The summed E-state index contributed by atoms with van der Waals surface area (Å²) in [6.07, 6.45) is 0.248. The van der Waals surface area contributed by atoms with Gasteiger partial charge >= 0.3 is 5.97 Å². The molecule has 0 fully saturated rings. The molecule has 2 aromatic carbocycles. The number of ether oxygens (including phenoxy) is 1. The number of hydrogen-bond donors (Lipinski definition) is 2. The molecule has 2 N–H and O–H groups in total. The number of imide groups is 1. The number of nitrogens with one attached hydrogen (secondary N) is 1. The third-order valence-electron chi connectivity index (χ3n) is 4.81. The summed E-state index contributed by atoms with van der Waals surface area (Å²) in [4.78, 5) is 51.3. The molecule has 0 aromatic heterocycles. The fourth-order valence-electron chi connectivity index (χ4n) is 3.37. The molecule has 2 aromatic rings. The third-order valence-corrected chi connectivity index (χ3v) is 4.81. The van der Waals surface area contributed by atoms with Crippen LogP contribution in [0.15, 0.2) is 42.5 Å². The van der Waals surface area contributed by atoms with Crippen LogP contribution in [0.3, 0.4) is 0 Å². The molecule has 0 radical (unpaired) electrons. The van der Waals surface area contributed by atoms with Gasteiger partial charge in [-0.25, -0.2) is 4.79 Å². The van der Waals surface area contributed by atoms with Gasteiger partial charge in [-0.1, -0.05) is 26.0 Å². The Morgan fingerprint density at radius 1 is 1.07 bits per heavy atom. The van der Waals surface area contributed by atoms with Gasteiger partial charge in [-0.15, -0.1) is 0 Å². The molecule has 0 saturated carbocycles. The number of carbonyl (C=O) groups excluding carboxylic acids is 4. The van der Waals surface area contributed by atoms with Crippen molar-refractivity contribution in [2.45, 2.75) is 26.3 Å². The van der Waals surface area contributed by atoms with E-state index in [2.05, 4.69) is 10.1 Å². The van der Waals surface area contributed by atoms with Crippen molar-refractivity contribution in [3.63, 3.8) is 0 Å². The van der Waals surface area contributed by atoms with Crippen molar-refractivity contribution in [2.24, 2.45) is 5.92 Å². The van der Waals surface area contributed by atoms with Crippen LogP contribution in [0.25, 0.3) is 0 Å². The van der Waals surface area contributed by atoms with Crippen LogP contribution in [0.2, 0.25) is 0 Å². The molecule has 1 aliphatic rings. The number of phenolic OH excluding ortho intramolecular Hbond substituents is 1. The first kappa shape index (κ1) is 21.0. The summed E-state index contributed by atoms with van der Waals surface area (Å²) in [7, 11) is 1.22. The molecule has 156 valence electrons. The van der Waals surface area contributed by atoms with Gasteiger partial charge in [0.05, 0.1) is 29.5 Å². The second-order valence-electron chi connectivity index (χ2n) is 7.38. The summed E-state index contributed by atoms with van der Waals surface area (Å²) in [6, 6.07) is 9.28. The largest absolute Gasteiger partial charge is 0.506 e. The highest BCUT2D eigenvalue weighted by Gasteiger charge is 2.42. The highest BCUT2D eigenvalue weighted by Crippen LogP contribution is 2.29. The maximum atomic E-state index is 13.0. The smallest absolute Gasteiger partial charge is 0.337 e. The zero-order valence-corrected chi connectivity index (χ0v) is 16.8. The number of methoxy groups -OCH3 is 1. The van der Waals surface area contributed by atoms with Crippen molar-refractivity contribution in [2.75, 3.05) is 12.4 Å². The topological polar surface area (TPSA) is 113 Å². The number of fused-ring (bicyclic) bond motifs is 1. The minimum atomic E-state index is -1.06. The molecule has 0 aliphatic carbocycles. The van der Waals surface area contributed by atoms with Crippen molar-refractivity contribution < 1.29 is 29.0 Å². The zero-order valence-electron chi connectivity index (χ0n) is 16.8. The highest BCUT2D eigenvalue weighted by atomic mass is 16.5. The van der Waals surface area contributed by atoms with Gasteiger partial charge in [-0.3, -0.25) is 19.3 Å². The summed E-state index contributed by atoms with van der Waals surface area (Å²) < 4.78 is 4.60. The molecule has 1 aliphatic heterocycles. The maximum Gasteiger partial charge on any atom is 0.337 e. The Hall–Kier alpha value is -3.68. The van der Waals surface area contributed by atoms with E-state index in [-0.39, 0.29) is 40.5 Å². The van der Waals surface area contributed by atoms with E-state index >= 15 is 0 Å². The van der Waals surface area contributed by atoms with Crippen LogP contribution < -0.4 is 5.32 Å². The van der Waals surface area contributed by atoms with Crippen molar-refractivity contribution >= 4 is 29.4 Å². The minimum absolute atomic E-state index is 0.0142. The molecule has 1 unspecified atom stereocenters. The Labute approximate surface area is 173 Å². The van der Waals surface area contributed by atoms with Gasteiger partial charge in [0.2, 0.25) is 5.91 Å². The molecule has 0 saturated heterocycles. The van der Waals surface area contributed by atoms with E-state index in [4.69, 9.17) is 0 Å². The van der Waals surface area contributed by atoms with Gasteiger partial charge in [-0.2, -0.15) is 0 Å². The fourth-order valence-corrected chi connectivity index (χ4v) is 3.37. The number of aromatic hydroxyl groups is 1. The summed E-state index contributed by atoms with van der Waals surface area (Å²) >= 11 is 0. The van der Waals surface area contributed by atoms with E-state index in [0.717, 1.165) is 4.90 Å². The van der Waals surface area contributed by atoms with Crippen molar-refractivity contribution in [1.82, 2.24) is 4.90 Å². The number of phenols is 1. The molecule has 3 amide bonds. The van der Waals surface area contributed by atoms with Crippen molar-refractivity contribution in [3.8, 4) is 5.75 Å². The fraction of sp³-hybridized carbons (Fsp3) is 0.273. The highest BCUT2D eigenvalue weighted by molar-refractivity contribution is 6.23. The van der Waals surface area contributed by atoms with E-state index in [0.29, 0.717) is 0 Å². The monoisotopic (exact) mass is 410 g/mol. The van der Waals surface area contributed by atoms with Crippen LogP contribution in [0.1, 0.15) is 51.3 Å². The Balaban J connectivity index is 1.88. The normalized spacial score (nSPS) is 13.9. The average molecular weight is 410 g/mol. The Morgan fingerprint density at radius 3 is 2.17 bits per heavy atom. The van der Waals surface area contributed by atoms with Crippen LogP contribution in [0.4, 0.5) is 5.69 Å². The van der Waals surface area contributed by atoms with Crippen LogP contribution in [-0.4, -0.2) is 46.8 Å². The van der Waals surface area contributed by atoms with E-state index in [1.165, 1.54) is 25.3 Å². The summed E-state index contributed by atoms with van der Waals surface area (Å²) in [5.74, 6) is -2.62. The van der Waals surface area contributed by atoms with Crippen LogP contribution >= 0.6 is 0 Å². The molecule has 8 heteroatoms. The first-order valence-electron chi connectivity index (χ1n) is 9.43. The quantitative estimate of drug-likeness (QED) is 0.430. The molecule has 0 bridgehead atoms. The second kappa shape index (κ2) is 8.36. The SMILES string of the molecule is COC(=O)c1ccc(NC(=O)C(CC(C)C)N2C(=O)c3ccccc3C2=O)c(O)c1. The number of esters is 1. The molecular formula is C22H22N2O6. The van der Waals surface area contributed by atoms with Crippen LogP contribution in [-0.2, 0) is 9.53 Å². The number of anilines is 1. The number of carbonyl (C=O) groups is 4. The predicted octanol–water partition coefficient (Wildman–Crippen LogP) is 2.83. The predicted molar refractivity (Wildman–Crippen MR) is 108 cm³/mol. The number of rotatable bonds is 6. The first-order valence-corrected chi connectivity index (χ1v) is 9.43. The summed E-state index contributed by atoms with van der Waals surface area (Å²) in [6.45, 7) is 3.75. The number of amides is 3. The van der Waals surface area contributed by atoms with Crippen molar-refractivity contribution in [1.29, 1.82) is 0 Å². The second-order valence-corrected chi connectivity index (χ2v) is 7.38. The van der Waals surface area contributed by atoms with E-state index < -0.39 is 29.7 Å². The van der Waals surface area contributed by atoms with Gasteiger partial charge in [-0.05, 0) is 42.7 Å². The Morgan fingerprint density at radius 2 is 1.67 bits per heavy atom. The molecule has 8 nitrogen and oxygen atoms in total.